The van der Waals surface area contributed by atoms with Crippen LogP contribution in [0.25, 0.3) is 0 Å². The van der Waals surface area contributed by atoms with Crippen LogP contribution in [0.1, 0.15) is 31.7 Å². The molecule has 8 heteroatoms. The summed E-state index contributed by atoms with van der Waals surface area (Å²) in [6.07, 6.45) is 3.24. The number of halogens is 1. The van der Waals surface area contributed by atoms with Crippen molar-refractivity contribution < 1.29 is 22.3 Å². The van der Waals surface area contributed by atoms with Crippen molar-refractivity contribution in [1.29, 1.82) is 0 Å². The second kappa shape index (κ2) is 11.5. The standard InChI is InChI=1S/C22H29FN2O4S/c1-3-29-21-10-5-4-8-18(21)9-6-16-24-22(26)11-7-17-25(30(2,27)28)20-14-12-19(23)13-15-20/h4-5,8,10,12-15H,3,6-7,9,11,16-17H2,1-2H3,(H,24,26). The zero-order chi connectivity index (χ0) is 22.0. The number of nitrogens with zero attached hydrogens (tertiary/aromatic N) is 1. The summed E-state index contributed by atoms with van der Waals surface area (Å²) in [5.74, 6) is 0.309. The first kappa shape index (κ1) is 23.7. The smallest absolute Gasteiger partial charge is 0.232 e. The summed E-state index contributed by atoms with van der Waals surface area (Å²) in [6.45, 7) is 3.24. The lowest BCUT2D eigenvalue weighted by Crippen LogP contribution is -2.32. The lowest BCUT2D eigenvalue weighted by atomic mass is 10.1. The molecule has 2 rings (SSSR count). The van der Waals surface area contributed by atoms with E-state index in [0.717, 1.165) is 30.4 Å². The molecule has 1 N–H and O–H groups in total. The maximum absolute atomic E-state index is 13.1. The second-order valence-corrected chi connectivity index (χ2v) is 8.82. The summed E-state index contributed by atoms with van der Waals surface area (Å²) in [5.41, 5.74) is 1.49. The van der Waals surface area contributed by atoms with E-state index in [1.54, 1.807) is 0 Å². The Labute approximate surface area is 178 Å². The van der Waals surface area contributed by atoms with Gasteiger partial charge in [0, 0.05) is 19.5 Å². The van der Waals surface area contributed by atoms with E-state index >= 15 is 0 Å². The minimum Gasteiger partial charge on any atom is -0.494 e. The van der Waals surface area contributed by atoms with E-state index in [4.69, 9.17) is 4.74 Å². The molecule has 0 aliphatic rings. The highest BCUT2D eigenvalue weighted by molar-refractivity contribution is 7.92. The molecule has 0 aromatic heterocycles. The van der Waals surface area contributed by atoms with Crippen molar-refractivity contribution in [3.8, 4) is 5.75 Å². The first-order valence-electron chi connectivity index (χ1n) is 10.0. The van der Waals surface area contributed by atoms with Crippen molar-refractivity contribution in [2.45, 2.75) is 32.6 Å². The molecule has 1 amide bonds. The van der Waals surface area contributed by atoms with Gasteiger partial charge < -0.3 is 10.1 Å². The normalized spacial score (nSPS) is 11.2. The topological polar surface area (TPSA) is 75.7 Å². The van der Waals surface area contributed by atoms with Gasteiger partial charge >= 0.3 is 0 Å². The van der Waals surface area contributed by atoms with E-state index < -0.39 is 15.8 Å². The minimum atomic E-state index is -3.52. The van der Waals surface area contributed by atoms with Crippen LogP contribution in [-0.2, 0) is 21.2 Å². The quantitative estimate of drug-likeness (QED) is 0.517. The summed E-state index contributed by atoms with van der Waals surface area (Å²) in [7, 11) is -3.52. The first-order chi connectivity index (χ1) is 14.3. The number of aryl methyl sites for hydroxylation is 1. The first-order valence-corrected chi connectivity index (χ1v) is 11.9. The van der Waals surface area contributed by atoms with Gasteiger partial charge in [-0.05, 0) is 62.1 Å². The fraction of sp³-hybridized carbons (Fsp3) is 0.409. The molecule has 0 spiro atoms. The Hall–Kier alpha value is -2.61. The molecule has 0 unspecified atom stereocenters. The number of carbonyl (C=O) groups excluding carboxylic acids is 1. The van der Waals surface area contributed by atoms with Crippen LogP contribution in [0.3, 0.4) is 0 Å². The van der Waals surface area contributed by atoms with Crippen molar-refractivity contribution >= 4 is 21.6 Å². The molecule has 0 heterocycles. The van der Waals surface area contributed by atoms with Crippen LogP contribution in [0.2, 0.25) is 0 Å². The molecule has 0 bridgehead atoms. The zero-order valence-corrected chi connectivity index (χ0v) is 18.3. The SMILES string of the molecule is CCOc1ccccc1CCCNC(=O)CCCN(c1ccc(F)cc1)S(C)(=O)=O. The minimum absolute atomic E-state index is 0.124. The molecule has 0 aliphatic carbocycles. The number of hydrogen-bond acceptors (Lipinski definition) is 4. The van der Waals surface area contributed by atoms with Crippen molar-refractivity contribution in [3.63, 3.8) is 0 Å². The number of rotatable bonds is 12. The van der Waals surface area contributed by atoms with Gasteiger partial charge in [0.15, 0.2) is 0 Å². The fourth-order valence-electron chi connectivity index (χ4n) is 3.08. The molecule has 0 saturated heterocycles. The highest BCUT2D eigenvalue weighted by Gasteiger charge is 2.17. The van der Waals surface area contributed by atoms with Gasteiger partial charge in [-0.25, -0.2) is 12.8 Å². The van der Waals surface area contributed by atoms with E-state index in [1.165, 1.54) is 28.6 Å². The third-order valence-electron chi connectivity index (χ3n) is 4.50. The predicted molar refractivity (Wildman–Crippen MR) is 117 cm³/mol. The van der Waals surface area contributed by atoms with Gasteiger partial charge in [0.2, 0.25) is 15.9 Å². The van der Waals surface area contributed by atoms with Crippen LogP contribution in [0.4, 0.5) is 10.1 Å². The number of benzene rings is 2. The molecule has 2 aromatic rings. The highest BCUT2D eigenvalue weighted by atomic mass is 32.2. The predicted octanol–water partition coefficient (Wildman–Crippen LogP) is 3.52. The number of sulfonamides is 1. The van der Waals surface area contributed by atoms with E-state index in [1.807, 2.05) is 31.2 Å². The number of carbonyl (C=O) groups is 1. The average Bonchev–Trinajstić information content (AvgIpc) is 2.70. The molecule has 2 aromatic carbocycles. The molecule has 0 saturated carbocycles. The van der Waals surface area contributed by atoms with E-state index in [-0.39, 0.29) is 18.9 Å². The lowest BCUT2D eigenvalue weighted by Gasteiger charge is -2.22. The second-order valence-electron chi connectivity index (χ2n) is 6.91. The molecular weight excluding hydrogens is 407 g/mol. The van der Waals surface area contributed by atoms with Gasteiger partial charge in [-0.3, -0.25) is 9.10 Å². The van der Waals surface area contributed by atoms with Crippen LogP contribution in [0.15, 0.2) is 48.5 Å². The van der Waals surface area contributed by atoms with Crippen LogP contribution in [0, 0.1) is 5.82 Å². The van der Waals surface area contributed by atoms with Crippen molar-refractivity contribution in [2.75, 3.05) is 30.3 Å². The summed E-state index contributed by atoms with van der Waals surface area (Å²) < 4.78 is 43.9. The van der Waals surface area contributed by atoms with Crippen LogP contribution >= 0.6 is 0 Å². The molecule has 0 fully saturated rings. The van der Waals surface area contributed by atoms with Gasteiger partial charge in [-0.1, -0.05) is 18.2 Å². The number of para-hydroxylation sites is 1. The van der Waals surface area contributed by atoms with E-state index in [2.05, 4.69) is 5.32 Å². The third kappa shape index (κ3) is 7.67. The van der Waals surface area contributed by atoms with Crippen molar-refractivity contribution in [1.82, 2.24) is 5.32 Å². The van der Waals surface area contributed by atoms with Gasteiger partial charge in [0.25, 0.3) is 0 Å². The van der Waals surface area contributed by atoms with Gasteiger partial charge in [0.1, 0.15) is 11.6 Å². The lowest BCUT2D eigenvalue weighted by molar-refractivity contribution is -0.121. The number of hydrogen-bond donors (Lipinski definition) is 1. The monoisotopic (exact) mass is 436 g/mol. The Balaban J connectivity index is 1.75. The Kier molecular flexibility index (Phi) is 9.11. The average molecular weight is 437 g/mol. The van der Waals surface area contributed by atoms with Crippen molar-refractivity contribution in [2.24, 2.45) is 0 Å². The molecule has 164 valence electrons. The van der Waals surface area contributed by atoms with Crippen molar-refractivity contribution in [3.05, 3.63) is 59.9 Å². The zero-order valence-electron chi connectivity index (χ0n) is 17.4. The van der Waals surface area contributed by atoms with Crippen LogP contribution < -0.4 is 14.4 Å². The number of nitrogens with one attached hydrogen (secondary N) is 1. The Bertz CT molecular complexity index is 917. The largest absolute Gasteiger partial charge is 0.494 e. The Morgan fingerprint density at radius 2 is 1.80 bits per heavy atom. The maximum Gasteiger partial charge on any atom is 0.232 e. The Morgan fingerprint density at radius 3 is 2.47 bits per heavy atom. The Morgan fingerprint density at radius 1 is 1.10 bits per heavy atom. The molecule has 6 nitrogen and oxygen atoms in total. The van der Waals surface area contributed by atoms with E-state index in [0.29, 0.717) is 25.3 Å². The number of ether oxygens (including phenoxy) is 1. The molecule has 0 radical (unpaired) electrons. The summed E-state index contributed by atoms with van der Waals surface area (Å²) >= 11 is 0. The summed E-state index contributed by atoms with van der Waals surface area (Å²) in [4.78, 5) is 12.1. The maximum atomic E-state index is 13.1. The molecule has 0 atom stereocenters. The fourth-order valence-corrected chi connectivity index (χ4v) is 4.04. The third-order valence-corrected chi connectivity index (χ3v) is 5.69. The highest BCUT2D eigenvalue weighted by Crippen LogP contribution is 2.20. The molecule has 30 heavy (non-hydrogen) atoms. The van der Waals surface area contributed by atoms with Gasteiger partial charge in [-0.15, -0.1) is 0 Å². The number of amides is 1. The number of anilines is 1. The summed E-state index contributed by atoms with van der Waals surface area (Å²) in [6, 6.07) is 13.1. The van der Waals surface area contributed by atoms with Crippen LogP contribution in [-0.4, -0.2) is 40.3 Å². The van der Waals surface area contributed by atoms with Gasteiger partial charge in [-0.2, -0.15) is 0 Å². The van der Waals surface area contributed by atoms with Gasteiger partial charge in [0.05, 0.1) is 18.6 Å². The summed E-state index contributed by atoms with van der Waals surface area (Å²) in [5, 5.41) is 2.87. The molecule has 0 aliphatic heterocycles. The van der Waals surface area contributed by atoms with E-state index in [9.17, 15) is 17.6 Å². The van der Waals surface area contributed by atoms with Crippen LogP contribution in [0.5, 0.6) is 5.75 Å². The molecular formula is C22H29FN2O4S.